The van der Waals surface area contributed by atoms with Crippen molar-refractivity contribution in [3.8, 4) is 0 Å². The van der Waals surface area contributed by atoms with Crippen LogP contribution in [-0.2, 0) is 6.18 Å². The molecule has 2 aliphatic rings. The van der Waals surface area contributed by atoms with Crippen LogP contribution >= 0.6 is 0 Å². The standard InChI is InChI=1S/C22H24F3N3O/c23-22(24,25)16-6-3-7-17(10-16)28-20-11-18(15-8-9-15)19(13-26-20)21(29)27-12-14-4-1-2-5-14/h3,6-7,10-11,13-15H,1-2,4-5,8-9,12H2,(H,26,28)(H,27,29). The monoisotopic (exact) mass is 403 g/mol. The topological polar surface area (TPSA) is 54.0 Å². The Bertz CT molecular complexity index is 887. The minimum Gasteiger partial charge on any atom is -0.352 e. The number of hydrogen-bond donors (Lipinski definition) is 2. The van der Waals surface area contributed by atoms with Crippen molar-refractivity contribution in [3.63, 3.8) is 0 Å². The van der Waals surface area contributed by atoms with Gasteiger partial charge >= 0.3 is 6.18 Å². The summed E-state index contributed by atoms with van der Waals surface area (Å²) in [5.41, 5.74) is 1.08. The van der Waals surface area contributed by atoms with Crippen LogP contribution in [0.25, 0.3) is 0 Å². The molecule has 2 fully saturated rings. The summed E-state index contributed by atoms with van der Waals surface area (Å²) in [5.74, 6) is 1.20. The summed E-state index contributed by atoms with van der Waals surface area (Å²) in [6.07, 6.45) is 3.93. The van der Waals surface area contributed by atoms with Crippen LogP contribution in [0, 0.1) is 5.92 Å². The third kappa shape index (κ3) is 4.89. The maximum Gasteiger partial charge on any atom is 0.416 e. The number of aromatic nitrogens is 1. The van der Waals surface area contributed by atoms with E-state index in [0.29, 0.717) is 35.4 Å². The highest BCUT2D eigenvalue weighted by atomic mass is 19.4. The molecule has 0 spiro atoms. The number of benzene rings is 1. The Morgan fingerprint density at radius 3 is 2.55 bits per heavy atom. The Morgan fingerprint density at radius 1 is 1.10 bits per heavy atom. The number of nitrogens with one attached hydrogen (secondary N) is 2. The van der Waals surface area contributed by atoms with Crippen LogP contribution < -0.4 is 10.6 Å². The molecule has 7 heteroatoms. The molecule has 154 valence electrons. The second kappa shape index (κ2) is 8.05. The lowest BCUT2D eigenvalue weighted by molar-refractivity contribution is -0.137. The first-order valence-electron chi connectivity index (χ1n) is 10.1. The zero-order chi connectivity index (χ0) is 20.4. The van der Waals surface area contributed by atoms with E-state index in [2.05, 4.69) is 15.6 Å². The maximum atomic E-state index is 12.9. The number of hydrogen-bond acceptors (Lipinski definition) is 3. The predicted octanol–water partition coefficient (Wildman–Crippen LogP) is 5.64. The van der Waals surface area contributed by atoms with E-state index < -0.39 is 11.7 Å². The first-order chi connectivity index (χ1) is 13.9. The third-order valence-electron chi connectivity index (χ3n) is 5.69. The zero-order valence-corrected chi connectivity index (χ0v) is 16.1. The van der Waals surface area contributed by atoms with Gasteiger partial charge in [0.2, 0.25) is 0 Å². The average Bonchev–Trinajstić information content (AvgIpc) is 3.41. The molecular formula is C22H24F3N3O. The summed E-state index contributed by atoms with van der Waals surface area (Å²) in [5, 5.41) is 5.97. The Hall–Kier alpha value is -2.57. The highest BCUT2D eigenvalue weighted by Crippen LogP contribution is 2.42. The molecule has 0 radical (unpaired) electrons. The van der Waals surface area contributed by atoms with Crippen LogP contribution in [0.3, 0.4) is 0 Å². The molecule has 1 amide bonds. The molecule has 0 saturated heterocycles. The summed E-state index contributed by atoms with van der Waals surface area (Å²) in [4.78, 5) is 17.0. The van der Waals surface area contributed by atoms with Gasteiger partial charge in [0.05, 0.1) is 11.1 Å². The van der Waals surface area contributed by atoms with Gasteiger partial charge in [0.1, 0.15) is 5.82 Å². The van der Waals surface area contributed by atoms with Crippen molar-refractivity contribution in [2.75, 3.05) is 11.9 Å². The summed E-state index contributed by atoms with van der Waals surface area (Å²) < 4.78 is 38.8. The van der Waals surface area contributed by atoms with Crippen molar-refractivity contribution in [2.45, 2.75) is 50.6 Å². The largest absolute Gasteiger partial charge is 0.416 e. The molecule has 0 bridgehead atoms. The summed E-state index contributed by atoms with van der Waals surface area (Å²) in [6.45, 7) is 0.688. The van der Waals surface area contributed by atoms with Gasteiger partial charge in [-0.2, -0.15) is 13.2 Å². The second-order valence-electron chi connectivity index (χ2n) is 8.00. The first-order valence-corrected chi connectivity index (χ1v) is 10.1. The molecule has 0 unspecified atom stereocenters. The first kappa shape index (κ1) is 19.7. The van der Waals surface area contributed by atoms with Crippen molar-refractivity contribution in [2.24, 2.45) is 5.92 Å². The Balaban J connectivity index is 1.50. The van der Waals surface area contributed by atoms with Crippen LogP contribution in [0.1, 0.15) is 65.9 Å². The van der Waals surface area contributed by atoms with Gasteiger partial charge < -0.3 is 10.6 Å². The Kier molecular flexibility index (Phi) is 5.48. The zero-order valence-electron chi connectivity index (χ0n) is 16.1. The molecule has 2 aromatic rings. The third-order valence-corrected chi connectivity index (χ3v) is 5.69. The van der Waals surface area contributed by atoms with Gasteiger partial charge in [0.25, 0.3) is 5.91 Å². The van der Waals surface area contributed by atoms with Crippen LogP contribution in [0.2, 0.25) is 0 Å². The molecule has 4 rings (SSSR count). The smallest absolute Gasteiger partial charge is 0.352 e. The normalized spacial score (nSPS) is 17.3. The van der Waals surface area contributed by atoms with Crippen LogP contribution in [-0.4, -0.2) is 17.4 Å². The van der Waals surface area contributed by atoms with E-state index in [0.717, 1.165) is 43.4 Å². The number of anilines is 2. The number of rotatable bonds is 6. The lowest BCUT2D eigenvalue weighted by Gasteiger charge is -2.15. The number of carbonyl (C=O) groups excluding carboxylic acids is 1. The van der Waals surface area contributed by atoms with Crippen molar-refractivity contribution in [1.29, 1.82) is 0 Å². The van der Waals surface area contributed by atoms with E-state index in [1.54, 1.807) is 12.1 Å². The number of amides is 1. The fraction of sp³-hybridized carbons (Fsp3) is 0.455. The van der Waals surface area contributed by atoms with Crippen molar-refractivity contribution in [3.05, 3.63) is 53.2 Å². The quantitative estimate of drug-likeness (QED) is 0.656. The predicted molar refractivity (Wildman–Crippen MR) is 105 cm³/mol. The van der Waals surface area contributed by atoms with E-state index in [4.69, 9.17) is 0 Å². The maximum absolute atomic E-state index is 12.9. The lowest BCUT2D eigenvalue weighted by atomic mass is 10.0. The van der Waals surface area contributed by atoms with E-state index in [9.17, 15) is 18.0 Å². The molecule has 1 aromatic carbocycles. The van der Waals surface area contributed by atoms with E-state index in [-0.39, 0.29) is 5.91 Å². The molecule has 4 nitrogen and oxygen atoms in total. The van der Waals surface area contributed by atoms with Crippen molar-refractivity contribution in [1.82, 2.24) is 10.3 Å². The molecule has 2 N–H and O–H groups in total. The molecule has 1 aromatic heterocycles. The van der Waals surface area contributed by atoms with E-state index >= 15 is 0 Å². The molecule has 2 aliphatic carbocycles. The molecule has 29 heavy (non-hydrogen) atoms. The van der Waals surface area contributed by atoms with E-state index in [1.165, 1.54) is 25.1 Å². The van der Waals surface area contributed by atoms with Gasteiger partial charge in [-0.3, -0.25) is 4.79 Å². The minimum atomic E-state index is -4.40. The molecule has 0 atom stereocenters. The van der Waals surface area contributed by atoms with Gasteiger partial charge in [-0.05, 0) is 67.3 Å². The van der Waals surface area contributed by atoms with E-state index in [1.807, 2.05) is 0 Å². The Morgan fingerprint density at radius 2 is 1.86 bits per heavy atom. The lowest BCUT2D eigenvalue weighted by Crippen LogP contribution is -2.29. The van der Waals surface area contributed by atoms with Crippen LogP contribution in [0.15, 0.2) is 36.5 Å². The summed E-state index contributed by atoms with van der Waals surface area (Å²) in [7, 11) is 0. The van der Waals surface area contributed by atoms with Gasteiger partial charge in [0.15, 0.2) is 0 Å². The Labute approximate surface area is 167 Å². The van der Waals surface area contributed by atoms with Gasteiger partial charge in [-0.25, -0.2) is 4.98 Å². The average molecular weight is 403 g/mol. The molecular weight excluding hydrogens is 379 g/mol. The fourth-order valence-corrected chi connectivity index (χ4v) is 3.93. The summed E-state index contributed by atoms with van der Waals surface area (Å²) >= 11 is 0. The molecule has 0 aliphatic heterocycles. The van der Waals surface area contributed by atoms with Crippen molar-refractivity contribution < 1.29 is 18.0 Å². The number of pyridine rings is 1. The highest BCUT2D eigenvalue weighted by molar-refractivity contribution is 5.96. The molecule has 2 saturated carbocycles. The van der Waals surface area contributed by atoms with Gasteiger partial charge in [-0.15, -0.1) is 0 Å². The number of nitrogens with zero attached hydrogens (tertiary/aromatic N) is 1. The summed E-state index contributed by atoms with van der Waals surface area (Å²) in [6, 6.07) is 6.81. The molecule has 1 heterocycles. The minimum absolute atomic E-state index is 0.114. The van der Waals surface area contributed by atoms with Gasteiger partial charge in [0, 0.05) is 18.4 Å². The number of alkyl halides is 3. The second-order valence-corrected chi connectivity index (χ2v) is 8.00. The highest BCUT2D eigenvalue weighted by Gasteiger charge is 2.31. The van der Waals surface area contributed by atoms with Crippen LogP contribution in [0.5, 0.6) is 0 Å². The number of carbonyl (C=O) groups is 1. The number of halogens is 3. The fourth-order valence-electron chi connectivity index (χ4n) is 3.93. The SMILES string of the molecule is O=C(NCC1CCCC1)c1cnc(Nc2cccc(C(F)(F)F)c2)cc1C1CC1. The van der Waals surface area contributed by atoms with Crippen LogP contribution in [0.4, 0.5) is 24.7 Å². The van der Waals surface area contributed by atoms with Gasteiger partial charge in [-0.1, -0.05) is 18.9 Å². The van der Waals surface area contributed by atoms with Crippen molar-refractivity contribution >= 4 is 17.4 Å².